The van der Waals surface area contributed by atoms with E-state index in [-0.39, 0.29) is 0 Å². The van der Waals surface area contributed by atoms with Gasteiger partial charge in [0.05, 0.1) is 5.52 Å². The van der Waals surface area contributed by atoms with E-state index in [2.05, 4.69) is 139 Å². The maximum atomic E-state index is 5.00. The van der Waals surface area contributed by atoms with Crippen LogP contribution in [0.25, 0.3) is 66.5 Å². The normalized spacial score (nSPS) is 11.5. The Morgan fingerprint density at radius 1 is 0.488 bits per heavy atom. The zero-order valence-electron chi connectivity index (χ0n) is 24.1. The van der Waals surface area contributed by atoms with Gasteiger partial charge in [-0.3, -0.25) is 0 Å². The molecule has 0 unspecified atom stereocenters. The van der Waals surface area contributed by atoms with Crippen LogP contribution >= 0.6 is 0 Å². The molecule has 0 spiro atoms. The molecule has 8 rings (SSSR count). The van der Waals surface area contributed by atoms with E-state index in [1.165, 1.54) is 50.1 Å². The Bertz CT molecular complexity index is 2170. The van der Waals surface area contributed by atoms with E-state index in [0.717, 1.165) is 27.7 Å². The second-order valence-corrected chi connectivity index (χ2v) is 11.2. The van der Waals surface area contributed by atoms with Gasteiger partial charge in [0.2, 0.25) is 5.95 Å². The minimum atomic E-state index is 0.682. The average Bonchev–Trinajstić information content (AvgIpc) is 3.07. The van der Waals surface area contributed by atoms with Crippen LogP contribution in [-0.2, 0) is 0 Å². The second-order valence-electron chi connectivity index (χ2n) is 11.2. The van der Waals surface area contributed by atoms with Crippen LogP contribution in [0, 0.1) is 6.92 Å². The smallest absolute Gasteiger partial charge is 0.230 e. The number of nitrogens with zero attached hydrogens (tertiary/aromatic N) is 3. The first kappa shape index (κ1) is 25.2. The maximum Gasteiger partial charge on any atom is 0.230 e. The van der Waals surface area contributed by atoms with Gasteiger partial charge >= 0.3 is 0 Å². The molecule has 0 saturated carbocycles. The van der Waals surface area contributed by atoms with Crippen LogP contribution in [0.2, 0.25) is 0 Å². The summed E-state index contributed by atoms with van der Waals surface area (Å²) in [6.07, 6.45) is 1.97. The fourth-order valence-electron chi connectivity index (χ4n) is 6.53. The van der Waals surface area contributed by atoms with E-state index >= 15 is 0 Å². The molecule has 0 atom stereocenters. The lowest BCUT2D eigenvalue weighted by atomic mass is 9.80. The lowest BCUT2D eigenvalue weighted by Crippen LogP contribution is -2.14. The second kappa shape index (κ2) is 10.1. The third kappa shape index (κ3) is 4.12. The van der Waals surface area contributed by atoms with Crippen LogP contribution in [0.5, 0.6) is 0 Å². The zero-order valence-corrected chi connectivity index (χ0v) is 24.1. The Kier molecular flexibility index (Phi) is 5.90. The fraction of sp³-hybridized carbons (Fsp3) is 0.0500. The molecule has 0 amide bonds. The van der Waals surface area contributed by atoms with Crippen LogP contribution in [0.15, 0.2) is 140 Å². The topological polar surface area (TPSA) is 29.0 Å². The van der Waals surface area contributed by atoms with E-state index in [1.54, 1.807) is 0 Å². The van der Waals surface area contributed by atoms with Gasteiger partial charge < -0.3 is 4.90 Å². The van der Waals surface area contributed by atoms with Crippen molar-refractivity contribution in [1.29, 1.82) is 0 Å². The molecule has 0 radical (unpaired) electrons. The summed E-state index contributed by atoms with van der Waals surface area (Å²) in [7, 11) is 2.02. The molecule has 1 aromatic heterocycles. The molecular weight excluding hydrogens is 522 g/mol. The van der Waals surface area contributed by atoms with Crippen molar-refractivity contribution < 1.29 is 0 Å². The summed E-state index contributed by atoms with van der Waals surface area (Å²) < 4.78 is 0. The van der Waals surface area contributed by atoms with Crippen molar-refractivity contribution in [1.82, 2.24) is 9.97 Å². The molecule has 6 aromatic carbocycles. The van der Waals surface area contributed by atoms with Gasteiger partial charge in [-0.25, -0.2) is 9.97 Å². The molecular formula is C40H29N3. The van der Waals surface area contributed by atoms with Gasteiger partial charge in [-0.1, -0.05) is 115 Å². The third-order valence-electron chi connectivity index (χ3n) is 8.66. The monoisotopic (exact) mass is 551 g/mol. The predicted molar refractivity (Wildman–Crippen MR) is 180 cm³/mol. The highest BCUT2D eigenvalue weighted by Gasteiger charge is 2.22. The standard InChI is InChI=1S/C40H29N3/c1-26-12-3-10-21-39(26)43(2)40-41-25-37-28(19-11-20-38(37)42-40)27-22-23-35-33-17-7-6-15-31(33)29-13-4-5-14-30(29)32-16-8-9-18-34(32)36(35)24-27/h3-25H,1-2H3. The number of benzene rings is 6. The zero-order chi connectivity index (χ0) is 28.9. The summed E-state index contributed by atoms with van der Waals surface area (Å²) in [5.74, 6) is 0.682. The summed E-state index contributed by atoms with van der Waals surface area (Å²) in [4.78, 5) is 11.9. The van der Waals surface area contributed by atoms with Crippen LogP contribution in [0.1, 0.15) is 5.56 Å². The molecule has 43 heavy (non-hydrogen) atoms. The molecule has 0 fully saturated rings. The summed E-state index contributed by atoms with van der Waals surface area (Å²) in [5.41, 5.74) is 15.4. The molecule has 1 heterocycles. The molecule has 1 aliphatic rings. The fourth-order valence-corrected chi connectivity index (χ4v) is 6.53. The molecule has 3 heteroatoms. The van der Waals surface area contributed by atoms with Crippen LogP contribution < -0.4 is 4.90 Å². The summed E-state index contributed by atoms with van der Waals surface area (Å²) in [6, 6.07) is 47.8. The summed E-state index contributed by atoms with van der Waals surface area (Å²) in [6.45, 7) is 2.11. The van der Waals surface area contributed by atoms with Gasteiger partial charge in [0.1, 0.15) is 0 Å². The Labute approximate surface area is 251 Å². The van der Waals surface area contributed by atoms with Gasteiger partial charge in [-0.2, -0.15) is 0 Å². The first-order chi connectivity index (χ1) is 21.2. The maximum absolute atomic E-state index is 5.00. The Morgan fingerprint density at radius 2 is 1.00 bits per heavy atom. The van der Waals surface area contributed by atoms with Crippen molar-refractivity contribution in [3.63, 3.8) is 0 Å². The molecule has 3 nitrogen and oxygen atoms in total. The predicted octanol–water partition coefficient (Wildman–Crippen LogP) is 10.4. The third-order valence-corrected chi connectivity index (χ3v) is 8.66. The summed E-state index contributed by atoms with van der Waals surface area (Å²) in [5, 5.41) is 1.04. The van der Waals surface area contributed by atoms with Gasteiger partial charge in [-0.05, 0) is 86.3 Å². The van der Waals surface area contributed by atoms with Crippen molar-refractivity contribution in [2.24, 2.45) is 0 Å². The van der Waals surface area contributed by atoms with Crippen molar-refractivity contribution in [2.75, 3.05) is 11.9 Å². The first-order valence-electron chi connectivity index (χ1n) is 14.7. The SMILES string of the molecule is Cc1ccccc1N(C)c1ncc2c(-c3ccc4c(c3)-c3ccccc3-c3ccccc3-c3ccccc3-4)cccc2n1. The lowest BCUT2D eigenvalue weighted by molar-refractivity contribution is 1.06. The number of hydrogen-bond acceptors (Lipinski definition) is 3. The molecule has 7 aromatic rings. The first-order valence-corrected chi connectivity index (χ1v) is 14.7. The van der Waals surface area contributed by atoms with Crippen molar-refractivity contribution >= 4 is 22.5 Å². The van der Waals surface area contributed by atoms with E-state index in [4.69, 9.17) is 9.97 Å². The van der Waals surface area contributed by atoms with E-state index in [0.29, 0.717) is 5.95 Å². The van der Waals surface area contributed by atoms with Crippen molar-refractivity contribution in [3.8, 4) is 55.6 Å². The molecule has 204 valence electrons. The molecule has 1 aliphatic carbocycles. The van der Waals surface area contributed by atoms with E-state index < -0.39 is 0 Å². The molecule has 0 aliphatic heterocycles. The quantitative estimate of drug-likeness (QED) is 0.219. The number of hydrogen-bond donors (Lipinski definition) is 0. The van der Waals surface area contributed by atoms with E-state index in [9.17, 15) is 0 Å². The molecule has 0 bridgehead atoms. The Morgan fingerprint density at radius 3 is 1.60 bits per heavy atom. The van der Waals surface area contributed by atoms with Gasteiger partial charge in [-0.15, -0.1) is 0 Å². The molecule has 0 N–H and O–H groups in total. The number of aryl methyl sites for hydroxylation is 1. The number of rotatable bonds is 3. The number of anilines is 2. The lowest BCUT2D eigenvalue weighted by Gasteiger charge is -2.23. The van der Waals surface area contributed by atoms with Gasteiger partial charge in [0.25, 0.3) is 0 Å². The van der Waals surface area contributed by atoms with Crippen molar-refractivity contribution in [3.05, 3.63) is 145 Å². The number of fused-ring (bicyclic) bond motifs is 9. The average molecular weight is 552 g/mol. The highest BCUT2D eigenvalue weighted by Crippen LogP contribution is 2.48. The highest BCUT2D eigenvalue weighted by atomic mass is 15.2. The van der Waals surface area contributed by atoms with Crippen LogP contribution in [-0.4, -0.2) is 17.0 Å². The number of aromatic nitrogens is 2. The summed E-state index contributed by atoms with van der Waals surface area (Å²) >= 11 is 0. The van der Waals surface area contributed by atoms with Crippen LogP contribution in [0.3, 0.4) is 0 Å². The molecule has 0 saturated heterocycles. The van der Waals surface area contributed by atoms with Crippen LogP contribution in [0.4, 0.5) is 11.6 Å². The largest absolute Gasteiger partial charge is 0.313 e. The number of para-hydroxylation sites is 1. The Balaban J connectivity index is 1.31. The van der Waals surface area contributed by atoms with Crippen molar-refractivity contribution in [2.45, 2.75) is 6.92 Å². The van der Waals surface area contributed by atoms with E-state index in [1.807, 2.05) is 19.3 Å². The van der Waals surface area contributed by atoms with Gasteiger partial charge in [0, 0.05) is 24.3 Å². The van der Waals surface area contributed by atoms with Gasteiger partial charge in [0.15, 0.2) is 0 Å². The minimum absolute atomic E-state index is 0.682. The highest BCUT2D eigenvalue weighted by molar-refractivity contribution is 6.05. The minimum Gasteiger partial charge on any atom is -0.313 e. The Hall–Kier alpha value is -5.54.